The zero-order valence-electron chi connectivity index (χ0n) is 6.43. The average molecular weight is 211 g/mol. The number of carbonyl (C=O) groups excluding carboxylic acids is 2. The molecule has 68 valence electrons. The normalized spacial score (nSPS) is 29.4. The minimum atomic E-state index is -0.993. The van der Waals surface area contributed by atoms with E-state index in [1.807, 2.05) is 0 Å². The van der Waals surface area contributed by atoms with Crippen LogP contribution in [0.3, 0.4) is 0 Å². The van der Waals surface area contributed by atoms with Gasteiger partial charge in [0, 0.05) is 0 Å². The zero-order chi connectivity index (χ0) is 9.35. The van der Waals surface area contributed by atoms with Crippen molar-refractivity contribution < 1.29 is 9.59 Å². The predicted molar refractivity (Wildman–Crippen MR) is 45.2 cm³/mol. The van der Waals surface area contributed by atoms with E-state index in [4.69, 9.17) is 23.2 Å². The molecule has 0 aromatic rings. The third-order valence-electron chi connectivity index (χ3n) is 1.73. The minimum Gasteiger partial charge on any atom is -0.322 e. The molecule has 1 aliphatic rings. The lowest BCUT2D eigenvalue weighted by molar-refractivity contribution is -0.129. The summed E-state index contributed by atoms with van der Waals surface area (Å²) in [5, 5.41) is 2.45. The largest absolute Gasteiger partial charge is 0.326 e. The number of amides is 3. The van der Waals surface area contributed by atoms with Crippen LogP contribution in [0.25, 0.3) is 0 Å². The molecule has 0 spiro atoms. The van der Waals surface area contributed by atoms with Crippen molar-refractivity contribution in [1.82, 2.24) is 10.2 Å². The fourth-order valence-corrected chi connectivity index (χ4v) is 1.34. The maximum absolute atomic E-state index is 11.4. The summed E-state index contributed by atoms with van der Waals surface area (Å²) in [7, 11) is 0. The van der Waals surface area contributed by atoms with Crippen molar-refractivity contribution in [3.8, 4) is 0 Å². The Balaban J connectivity index is 2.89. The predicted octanol–water partition coefficient (Wildman–Crippen LogP) is 0.732. The molecule has 1 aliphatic heterocycles. The Kier molecular flexibility index (Phi) is 2.49. The number of nitrogens with zero attached hydrogens (tertiary/aromatic N) is 1. The van der Waals surface area contributed by atoms with Gasteiger partial charge in [0.15, 0.2) is 0 Å². The second-order valence-electron chi connectivity index (χ2n) is 2.75. The Morgan fingerprint density at radius 1 is 1.50 bits per heavy atom. The quantitative estimate of drug-likeness (QED) is 0.416. The lowest BCUT2D eigenvalue weighted by Crippen LogP contribution is -2.45. The number of hydrogen-bond acceptors (Lipinski definition) is 2. The molecule has 1 saturated heterocycles. The molecular formula is C6H8Cl2N2O2. The summed E-state index contributed by atoms with van der Waals surface area (Å²) >= 11 is 10.9. The Labute approximate surface area is 79.8 Å². The third kappa shape index (κ3) is 1.25. The number of hydrogen-bond donors (Lipinski definition) is 1. The molecule has 1 fully saturated rings. The van der Waals surface area contributed by atoms with Crippen LogP contribution in [0.4, 0.5) is 4.79 Å². The first-order valence-electron chi connectivity index (χ1n) is 3.31. The van der Waals surface area contributed by atoms with Crippen LogP contribution in [-0.2, 0) is 4.79 Å². The maximum atomic E-state index is 11.4. The summed E-state index contributed by atoms with van der Waals surface area (Å²) in [5.74, 6) is -0.331. The number of urea groups is 1. The minimum absolute atomic E-state index is 0.0466. The first kappa shape index (κ1) is 9.61. The van der Waals surface area contributed by atoms with Crippen LogP contribution in [0, 0.1) is 0 Å². The molecule has 3 amide bonds. The summed E-state index contributed by atoms with van der Waals surface area (Å²) in [6.07, 6.45) is 0. The van der Waals surface area contributed by atoms with Gasteiger partial charge >= 0.3 is 6.03 Å². The first-order valence-corrected chi connectivity index (χ1v) is 4.38. The van der Waals surface area contributed by atoms with Crippen molar-refractivity contribution in [3.05, 3.63) is 0 Å². The molecule has 12 heavy (non-hydrogen) atoms. The summed E-state index contributed by atoms with van der Waals surface area (Å²) in [5.41, 5.74) is -0.993. The fraction of sp³-hybridized carbons (Fsp3) is 0.667. The van der Waals surface area contributed by atoms with Crippen LogP contribution in [-0.4, -0.2) is 34.3 Å². The van der Waals surface area contributed by atoms with Crippen LogP contribution < -0.4 is 5.32 Å². The van der Waals surface area contributed by atoms with Gasteiger partial charge in [0.2, 0.25) is 0 Å². The third-order valence-corrected chi connectivity index (χ3v) is 2.51. The van der Waals surface area contributed by atoms with Gasteiger partial charge in [-0.25, -0.2) is 9.69 Å². The van der Waals surface area contributed by atoms with Crippen LogP contribution in [0.2, 0.25) is 0 Å². The van der Waals surface area contributed by atoms with E-state index >= 15 is 0 Å². The maximum Gasteiger partial charge on any atom is 0.326 e. The molecule has 0 aliphatic carbocycles. The van der Waals surface area contributed by atoms with E-state index in [1.165, 1.54) is 0 Å². The molecule has 0 radical (unpaired) electrons. The van der Waals surface area contributed by atoms with Gasteiger partial charge in [-0.05, 0) is 6.92 Å². The standard InChI is InChI=1S/C6H8Cl2N2O2/c1-6(2-7)4(11)10(3-8)5(12)9-6/h2-3H2,1H3,(H,9,12). The molecule has 0 saturated carbocycles. The molecular weight excluding hydrogens is 203 g/mol. The van der Waals surface area contributed by atoms with E-state index < -0.39 is 11.6 Å². The molecule has 4 nitrogen and oxygen atoms in total. The van der Waals surface area contributed by atoms with Crippen molar-refractivity contribution in [2.75, 3.05) is 11.9 Å². The number of carbonyl (C=O) groups is 2. The number of halogens is 2. The summed E-state index contributed by atoms with van der Waals surface area (Å²) in [6.45, 7) is 1.56. The van der Waals surface area contributed by atoms with Crippen LogP contribution in [0.1, 0.15) is 6.92 Å². The van der Waals surface area contributed by atoms with E-state index in [0.29, 0.717) is 0 Å². The smallest absolute Gasteiger partial charge is 0.322 e. The number of rotatable bonds is 2. The van der Waals surface area contributed by atoms with Gasteiger partial charge in [0.25, 0.3) is 5.91 Å². The lowest BCUT2D eigenvalue weighted by Gasteiger charge is -2.16. The van der Waals surface area contributed by atoms with Gasteiger partial charge in [-0.2, -0.15) is 0 Å². The summed E-state index contributed by atoms with van der Waals surface area (Å²) in [4.78, 5) is 23.3. The SMILES string of the molecule is CC1(CCl)NC(=O)N(CCl)C1=O. The van der Waals surface area contributed by atoms with Crippen molar-refractivity contribution in [1.29, 1.82) is 0 Å². The molecule has 1 rings (SSSR count). The average Bonchev–Trinajstić information content (AvgIpc) is 2.25. The molecule has 1 heterocycles. The number of alkyl halides is 2. The van der Waals surface area contributed by atoms with Crippen LogP contribution in [0.5, 0.6) is 0 Å². The Morgan fingerprint density at radius 3 is 2.33 bits per heavy atom. The van der Waals surface area contributed by atoms with E-state index in [1.54, 1.807) is 6.92 Å². The van der Waals surface area contributed by atoms with E-state index in [2.05, 4.69) is 5.32 Å². The highest BCUT2D eigenvalue weighted by Crippen LogP contribution is 2.18. The Morgan fingerprint density at radius 2 is 2.08 bits per heavy atom. The van der Waals surface area contributed by atoms with Gasteiger partial charge in [-0.1, -0.05) is 0 Å². The molecule has 1 N–H and O–H groups in total. The molecule has 1 unspecified atom stereocenters. The number of imide groups is 1. The molecule has 0 aromatic heterocycles. The van der Waals surface area contributed by atoms with Gasteiger partial charge in [-0.15, -0.1) is 23.2 Å². The topological polar surface area (TPSA) is 49.4 Å². The highest BCUT2D eigenvalue weighted by molar-refractivity contribution is 6.25. The summed E-state index contributed by atoms with van der Waals surface area (Å²) in [6, 6.07) is -0.630. The number of nitrogens with one attached hydrogen (secondary N) is 1. The molecule has 0 aromatic carbocycles. The highest BCUT2D eigenvalue weighted by atomic mass is 35.5. The van der Waals surface area contributed by atoms with Gasteiger partial charge in [0.05, 0.1) is 5.88 Å². The van der Waals surface area contributed by atoms with E-state index in [-0.39, 0.29) is 17.8 Å². The van der Waals surface area contributed by atoms with Crippen LogP contribution in [0.15, 0.2) is 0 Å². The zero-order valence-corrected chi connectivity index (χ0v) is 7.95. The van der Waals surface area contributed by atoms with Gasteiger partial charge in [-0.3, -0.25) is 4.79 Å². The Hall–Kier alpha value is -0.480. The monoisotopic (exact) mass is 210 g/mol. The van der Waals surface area contributed by atoms with Gasteiger partial charge in [0.1, 0.15) is 11.5 Å². The molecule has 0 bridgehead atoms. The van der Waals surface area contributed by atoms with Crippen molar-refractivity contribution in [3.63, 3.8) is 0 Å². The van der Waals surface area contributed by atoms with E-state index in [0.717, 1.165) is 4.90 Å². The fourth-order valence-electron chi connectivity index (χ4n) is 0.946. The summed E-state index contributed by atoms with van der Waals surface area (Å²) < 4.78 is 0. The van der Waals surface area contributed by atoms with Gasteiger partial charge < -0.3 is 5.32 Å². The van der Waals surface area contributed by atoms with Crippen molar-refractivity contribution >= 4 is 35.1 Å². The first-order chi connectivity index (χ1) is 5.55. The lowest BCUT2D eigenvalue weighted by atomic mass is 10.1. The van der Waals surface area contributed by atoms with Crippen molar-refractivity contribution in [2.24, 2.45) is 0 Å². The van der Waals surface area contributed by atoms with E-state index in [9.17, 15) is 9.59 Å². The second-order valence-corrected chi connectivity index (χ2v) is 3.25. The molecule has 6 heteroatoms. The molecule has 1 atom stereocenters. The Bertz CT molecular complexity index is 234. The highest BCUT2D eigenvalue weighted by Gasteiger charge is 2.46. The van der Waals surface area contributed by atoms with Crippen molar-refractivity contribution in [2.45, 2.75) is 12.5 Å². The van der Waals surface area contributed by atoms with Crippen LogP contribution >= 0.6 is 23.2 Å². The second kappa shape index (κ2) is 3.11.